The Balaban J connectivity index is 4.41. The molecule has 0 rings (SSSR count). The molecule has 1 atom stereocenters. The van der Waals surface area contributed by atoms with Crippen LogP contribution in [0.1, 0.15) is 33.6 Å². The number of rotatable bonds is 7. The number of carbonyl (C=O) groups is 2. The fourth-order valence-corrected chi connectivity index (χ4v) is 1.42. The summed E-state index contributed by atoms with van der Waals surface area (Å²) in [6.45, 7) is 3.34. The first-order valence-electron chi connectivity index (χ1n) is 5.74. The largest absolute Gasteiger partial charge is 0.463 e. The second-order valence-corrected chi connectivity index (χ2v) is 5.01. The number of hydrogen-bond acceptors (Lipinski definition) is 4. The number of esters is 2. The number of halogens is 2. The Bertz CT molecular complexity index is 274. The van der Waals surface area contributed by atoms with Crippen molar-refractivity contribution in [2.75, 3.05) is 20.1 Å². The zero-order valence-corrected chi connectivity index (χ0v) is 11.0. The van der Waals surface area contributed by atoms with E-state index < -0.39 is 25.5 Å². The molecule has 0 amide bonds. The van der Waals surface area contributed by atoms with Gasteiger partial charge >= 0.3 is 11.9 Å². The first-order chi connectivity index (χ1) is 8.31. The third-order valence-corrected chi connectivity index (χ3v) is 2.61. The van der Waals surface area contributed by atoms with Crippen LogP contribution in [-0.2, 0) is 19.1 Å². The molecule has 0 aliphatic heterocycles. The molecule has 0 bridgehead atoms. The molecule has 0 aliphatic rings. The lowest BCUT2D eigenvalue weighted by Gasteiger charge is -2.29. The molecular formula is C12H20F2O4. The van der Waals surface area contributed by atoms with Crippen LogP contribution in [0, 0.1) is 11.3 Å². The van der Waals surface area contributed by atoms with E-state index in [0.29, 0.717) is 0 Å². The van der Waals surface area contributed by atoms with Gasteiger partial charge in [0.1, 0.15) is 13.3 Å². The lowest BCUT2D eigenvalue weighted by Crippen LogP contribution is -2.27. The molecule has 106 valence electrons. The Labute approximate surface area is 106 Å². The van der Waals surface area contributed by atoms with Crippen LogP contribution in [0.5, 0.6) is 0 Å². The molecule has 6 heteroatoms. The van der Waals surface area contributed by atoms with Crippen LogP contribution >= 0.6 is 0 Å². The zero-order chi connectivity index (χ0) is 14.2. The topological polar surface area (TPSA) is 52.6 Å². The van der Waals surface area contributed by atoms with Gasteiger partial charge in [0.25, 0.3) is 0 Å². The molecular weight excluding hydrogens is 246 g/mol. The Kier molecular flexibility index (Phi) is 7.47. The van der Waals surface area contributed by atoms with Crippen LogP contribution in [0.4, 0.5) is 8.78 Å². The van der Waals surface area contributed by atoms with Crippen LogP contribution in [-0.4, -0.2) is 32.1 Å². The minimum atomic E-state index is -1.18. The van der Waals surface area contributed by atoms with E-state index in [1.165, 1.54) is 0 Å². The van der Waals surface area contributed by atoms with Crippen molar-refractivity contribution in [2.45, 2.75) is 33.6 Å². The van der Waals surface area contributed by atoms with Crippen molar-refractivity contribution in [3.63, 3.8) is 0 Å². The van der Waals surface area contributed by atoms with Gasteiger partial charge in [-0.15, -0.1) is 0 Å². The Morgan fingerprint density at radius 1 is 1.06 bits per heavy atom. The third-order valence-electron chi connectivity index (χ3n) is 2.61. The number of ether oxygens (including phenoxy) is 2. The average Bonchev–Trinajstić information content (AvgIpc) is 2.24. The molecule has 0 aromatic heterocycles. The Morgan fingerprint density at radius 2 is 1.56 bits per heavy atom. The maximum atomic E-state index is 11.8. The molecule has 0 radical (unpaired) electrons. The Hall–Kier alpha value is -1.20. The summed E-state index contributed by atoms with van der Waals surface area (Å²) >= 11 is 0. The summed E-state index contributed by atoms with van der Waals surface area (Å²) in [7, 11) is 0. The minimum Gasteiger partial charge on any atom is -0.463 e. The van der Waals surface area contributed by atoms with Gasteiger partial charge in [-0.2, -0.15) is 0 Å². The predicted molar refractivity (Wildman–Crippen MR) is 61.2 cm³/mol. The lowest BCUT2D eigenvalue weighted by molar-refractivity contribution is -0.152. The van der Waals surface area contributed by atoms with E-state index in [-0.39, 0.29) is 30.8 Å². The predicted octanol–water partition coefficient (Wildman–Crippen LogP) is 2.41. The standard InChI is InChI=1S/C12H20F2O4/c1-12(2,3)9(7-11(16)18-8-14)6-10(15)17-5-4-13/h9H,4-8H2,1-3H3. The fourth-order valence-electron chi connectivity index (χ4n) is 1.42. The molecule has 0 aliphatic carbocycles. The Morgan fingerprint density at radius 3 is 1.94 bits per heavy atom. The second kappa shape index (κ2) is 8.00. The molecule has 1 unspecified atom stereocenters. The molecule has 0 N–H and O–H groups in total. The van der Waals surface area contributed by atoms with E-state index in [0.717, 1.165) is 0 Å². The lowest BCUT2D eigenvalue weighted by atomic mass is 9.77. The molecule has 0 spiro atoms. The van der Waals surface area contributed by atoms with Crippen LogP contribution in [0.2, 0.25) is 0 Å². The van der Waals surface area contributed by atoms with Crippen molar-refractivity contribution in [3.8, 4) is 0 Å². The molecule has 18 heavy (non-hydrogen) atoms. The number of alkyl halides is 2. The van der Waals surface area contributed by atoms with Gasteiger partial charge in [0.15, 0.2) is 0 Å². The summed E-state index contributed by atoms with van der Waals surface area (Å²) in [6, 6.07) is 0. The van der Waals surface area contributed by atoms with Crippen molar-refractivity contribution in [2.24, 2.45) is 11.3 Å². The van der Waals surface area contributed by atoms with Crippen molar-refractivity contribution in [1.29, 1.82) is 0 Å². The van der Waals surface area contributed by atoms with Gasteiger partial charge in [-0.3, -0.25) is 9.59 Å². The fraction of sp³-hybridized carbons (Fsp3) is 0.833. The van der Waals surface area contributed by atoms with Gasteiger partial charge in [-0.25, -0.2) is 8.78 Å². The van der Waals surface area contributed by atoms with Crippen molar-refractivity contribution >= 4 is 11.9 Å². The van der Waals surface area contributed by atoms with E-state index in [2.05, 4.69) is 9.47 Å². The summed E-state index contributed by atoms with van der Waals surface area (Å²) < 4.78 is 32.5. The van der Waals surface area contributed by atoms with Gasteiger partial charge in [0, 0.05) is 12.8 Å². The molecule has 0 saturated heterocycles. The maximum Gasteiger partial charge on any atom is 0.308 e. The van der Waals surface area contributed by atoms with E-state index in [9.17, 15) is 18.4 Å². The summed E-state index contributed by atoms with van der Waals surface area (Å²) in [5.41, 5.74) is -0.343. The van der Waals surface area contributed by atoms with Crippen LogP contribution in [0.3, 0.4) is 0 Å². The smallest absolute Gasteiger partial charge is 0.308 e. The van der Waals surface area contributed by atoms with Crippen LogP contribution in [0.25, 0.3) is 0 Å². The summed E-state index contributed by atoms with van der Waals surface area (Å²) in [5.74, 6) is -1.61. The van der Waals surface area contributed by atoms with Gasteiger partial charge in [0.2, 0.25) is 6.86 Å². The molecule has 4 nitrogen and oxygen atoms in total. The average molecular weight is 266 g/mol. The summed E-state index contributed by atoms with van der Waals surface area (Å²) in [5, 5.41) is 0. The molecule has 0 saturated carbocycles. The first kappa shape index (κ1) is 16.8. The van der Waals surface area contributed by atoms with E-state index in [1.807, 2.05) is 20.8 Å². The highest BCUT2D eigenvalue weighted by Gasteiger charge is 2.30. The summed E-state index contributed by atoms with van der Waals surface area (Å²) in [6.07, 6.45) is -0.0942. The van der Waals surface area contributed by atoms with E-state index in [1.54, 1.807) is 0 Å². The quantitative estimate of drug-likeness (QED) is 0.664. The molecule has 0 aromatic rings. The highest BCUT2D eigenvalue weighted by atomic mass is 19.1. The van der Waals surface area contributed by atoms with E-state index >= 15 is 0 Å². The molecule has 0 aromatic carbocycles. The van der Waals surface area contributed by atoms with Gasteiger partial charge < -0.3 is 9.47 Å². The van der Waals surface area contributed by atoms with E-state index in [4.69, 9.17) is 0 Å². The van der Waals surface area contributed by atoms with Crippen molar-refractivity contribution in [1.82, 2.24) is 0 Å². The van der Waals surface area contributed by atoms with Crippen LogP contribution in [0.15, 0.2) is 0 Å². The minimum absolute atomic E-state index is 0.0229. The SMILES string of the molecule is CC(C)(C)C(CC(=O)OCF)CC(=O)OCCF. The third kappa shape index (κ3) is 7.19. The first-order valence-corrected chi connectivity index (χ1v) is 5.74. The molecule has 0 heterocycles. The normalized spacial score (nSPS) is 12.9. The van der Waals surface area contributed by atoms with Crippen molar-refractivity contribution in [3.05, 3.63) is 0 Å². The van der Waals surface area contributed by atoms with Gasteiger partial charge in [-0.05, 0) is 11.3 Å². The van der Waals surface area contributed by atoms with Gasteiger partial charge in [0.05, 0.1) is 0 Å². The monoisotopic (exact) mass is 266 g/mol. The number of hydrogen-bond donors (Lipinski definition) is 0. The van der Waals surface area contributed by atoms with Gasteiger partial charge in [-0.1, -0.05) is 20.8 Å². The molecule has 0 fully saturated rings. The maximum absolute atomic E-state index is 11.8. The second-order valence-electron chi connectivity index (χ2n) is 5.01. The summed E-state index contributed by atoms with van der Waals surface area (Å²) in [4.78, 5) is 22.6. The zero-order valence-electron chi connectivity index (χ0n) is 11.0. The highest BCUT2D eigenvalue weighted by Crippen LogP contribution is 2.32. The number of carbonyl (C=O) groups excluding carboxylic acids is 2. The highest BCUT2D eigenvalue weighted by molar-refractivity contribution is 5.73. The van der Waals surface area contributed by atoms with Crippen molar-refractivity contribution < 1.29 is 27.8 Å². The van der Waals surface area contributed by atoms with Crippen LogP contribution < -0.4 is 0 Å².